The highest BCUT2D eigenvalue weighted by molar-refractivity contribution is 5.72. The van der Waals surface area contributed by atoms with E-state index < -0.39 is 12.1 Å². The molecule has 3 heteroatoms. The van der Waals surface area contributed by atoms with E-state index in [0.29, 0.717) is 13.0 Å². The van der Waals surface area contributed by atoms with E-state index in [4.69, 9.17) is 9.84 Å². The fourth-order valence-corrected chi connectivity index (χ4v) is 1.47. The molecule has 0 spiro atoms. The van der Waals surface area contributed by atoms with Crippen LogP contribution in [0.5, 0.6) is 0 Å². The van der Waals surface area contributed by atoms with E-state index in [1.165, 1.54) is 25.7 Å². The first kappa shape index (κ1) is 14.4. The fraction of sp³-hybridized carbons (Fsp3) is 0.917. The van der Waals surface area contributed by atoms with Crippen molar-refractivity contribution in [3.63, 3.8) is 0 Å². The number of hydrogen-bond donors (Lipinski definition) is 1. The van der Waals surface area contributed by atoms with E-state index in [0.717, 1.165) is 12.8 Å². The van der Waals surface area contributed by atoms with E-state index in [2.05, 4.69) is 6.92 Å². The van der Waals surface area contributed by atoms with Crippen molar-refractivity contribution in [3.05, 3.63) is 0 Å². The SMILES string of the molecule is CCCCCCCCOC(CC)C(=O)O. The Labute approximate surface area is 92.8 Å². The topological polar surface area (TPSA) is 46.5 Å². The molecule has 0 aliphatic rings. The summed E-state index contributed by atoms with van der Waals surface area (Å²) in [7, 11) is 0. The van der Waals surface area contributed by atoms with Gasteiger partial charge in [0.25, 0.3) is 0 Å². The standard InChI is InChI=1S/C12H24O3/c1-3-5-6-7-8-9-10-15-11(4-2)12(13)14/h11H,3-10H2,1-2H3,(H,13,14). The zero-order chi connectivity index (χ0) is 11.5. The summed E-state index contributed by atoms with van der Waals surface area (Å²) in [4.78, 5) is 10.6. The van der Waals surface area contributed by atoms with E-state index in [1.54, 1.807) is 0 Å². The molecule has 0 bridgehead atoms. The summed E-state index contributed by atoms with van der Waals surface area (Å²) in [5.74, 6) is -0.844. The van der Waals surface area contributed by atoms with Crippen LogP contribution >= 0.6 is 0 Å². The van der Waals surface area contributed by atoms with Gasteiger partial charge in [0, 0.05) is 6.61 Å². The van der Waals surface area contributed by atoms with Gasteiger partial charge in [0.1, 0.15) is 0 Å². The minimum Gasteiger partial charge on any atom is -0.479 e. The average molecular weight is 216 g/mol. The maximum atomic E-state index is 10.6. The quantitative estimate of drug-likeness (QED) is 0.570. The first-order valence-electron chi connectivity index (χ1n) is 6.06. The van der Waals surface area contributed by atoms with Gasteiger partial charge in [-0.15, -0.1) is 0 Å². The highest BCUT2D eigenvalue weighted by Gasteiger charge is 2.14. The highest BCUT2D eigenvalue weighted by atomic mass is 16.5. The van der Waals surface area contributed by atoms with Crippen LogP contribution in [-0.2, 0) is 9.53 Å². The van der Waals surface area contributed by atoms with Crippen molar-refractivity contribution in [2.24, 2.45) is 0 Å². The van der Waals surface area contributed by atoms with Gasteiger partial charge in [-0.3, -0.25) is 0 Å². The van der Waals surface area contributed by atoms with Crippen LogP contribution < -0.4 is 0 Å². The monoisotopic (exact) mass is 216 g/mol. The Morgan fingerprint density at radius 2 is 1.73 bits per heavy atom. The molecule has 1 unspecified atom stereocenters. The van der Waals surface area contributed by atoms with E-state index >= 15 is 0 Å². The van der Waals surface area contributed by atoms with Crippen LogP contribution in [0.3, 0.4) is 0 Å². The Bertz CT molecular complexity index is 157. The molecule has 0 aromatic carbocycles. The van der Waals surface area contributed by atoms with Crippen LogP contribution in [-0.4, -0.2) is 23.8 Å². The Morgan fingerprint density at radius 1 is 1.13 bits per heavy atom. The predicted octanol–water partition coefficient (Wildman–Crippen LogP) is 3.23. The van der Waals surface area contributed by atoms with Crippen molar-refractivity contribution in [1.29, 1.82) is 0 Å². The third-order valence-electron chi connectivity index (χ3n) is 2.46. The third kappa shape index (κ3) is 8.43. The second-order valence-electron chi connectivity index (χ2n) is 3.87. The normalized spacial score (nSPS) is 12.7. The van der Waals surface area contributed by atoms with Crippen LogP contribution in [0.2, 0.25) is 0 Å². The maximum Gasteiger partial charge on any atom is 0.332 e. The second-order valence-corrected chi connectivity index (χ2v) is 3.87. The molecule has 0 heterocycles. The lowest BCUT2D eigenvalue weighted by molar-refractivity contribution is -0.150. The minimum atomic E-state index is -0.844. The molecule has 90 valence electrons. The molecule has 1 N–H and O–H groups in total. The number of carbonyl (C=O) groups is 1. The van der Waals surface area contributed by atoms with Gasteiger partial charge in [0.15, 0.2) is 6.10 Å². The van der Waals surface area contributed by atoms with E-state index in [9.17, 15) is 4.79 Å². The van der Waals surface area contributed by atoms with Crippen molar-refractivity contribution in [2.45, 2.75) is 64.9 Å². The van der Waals surface area contributed by atoms with Gasteiger partial charge in [-0.1, -0.05) is 46.0 Å². The molecule has 0 saturated heterocycles. The zero-order valence-corrected chi connectivity index (χ0v) is 10.00. The summed E-state index contributed by atoms with van der Waals surface area (Å²) >= 11 is 0. The molecule has 0 saturated carbocycles. The molecule has 0 aliphatic heterocycles. The Balaban J connectivity index is 3.25. The summed E-state index contributed by atoms with van der Waals surface area (Å²) in [5.41, 5.74) is 0. The lowest BCUT2D eigenvalue weighted by atomic mass is 10.1. The van der Waals surface area contributed by atoms with E-state index in [-0.39, 0.29) is 0 Å². The fourth-order valence-electron chi connectivity index (χ4n) is 1.47. The lowest BCUT2D eigenvalue weighted by Gasteiger charge is -2.10. The van der Waals surface area contributed by atoms with Gasteiger partial charge < -0.3 is 9.84 Å². The van der Waals surface area contributed by atoms with Crippen LogP contribution in [0, 0.1) is 0 Å². The van der Waals surface area contributed by atoms with Crippen molar-refractivity contribution in [1.82, 2.24) is 0 Å². The molecule has 0 amide bonds. The summed E-state index contributed by atoms with van der Waals surface area (Å²) in [6.07, 6.45) is 7.14. The van der Waals surface area contributed by atoms with Gasteiger partial charge in [-0.05, 0) is 12.8 Å². The first-order valence-corrected chi connectivity index (χ1v) is 6.06. The molecule has 0 aromatic rings. The van der Waals surface area contributed by atoms with Crippen LogP contribution in [0.1, 0.15) is 58.8 Å². The third-order valence-corrected chi connectivity index (χ3v) is 2.46. The molecule has 0 radical (unpaired) electrons. The maximum absolute atomic E-state index is 10.6. The number of ether oxygens (including phenoxy) is 1. The number of unbranched alkanes of at least 4 members (excludes halogenated alkanes) is 5. The van der Waals surface area contributed by atoms with Crippen molar-refractivity contribution < 1.29 is 14.6 Å². The summed E-state index contributed by atoms with van der Waals surface area (Å²) in [5, 5.41) is 8.72. The van der Waals surface area contributed by atoms with Gasteiger partial charge in [-0.2, -0.15) is 0 Å². The molecular formula is C12H24O3. The Kier molecular flexibility index (Phi) is 9.59. The number of carboxylic acid groups (broad SMARTS) is 1. The molecule has 0 aromatic heterocycles. The number of carboxylic acids is 1. The first-order chi connectivity index (χ1) is 7.22. The largest absolute Gasteiger partial charge is 0.479 e. The number of hydrogen-bond acceptors (Lipinski definition) is 2. The van der Waals surface area contributed by atoms with Crippen molar-refractivity contribution in [3.8, 4) is 0 Å². The molecular weight excluding hydrogens is 192 g/mol. The van der Waals surface area contributed by atoms with Gasteiger partial charge >= 0.3 is 5.97 Å². The Morgan fingerprint density at radius 3 is 2.27 bits per heavy atom. The van der Waals surface area contributed by atoms with Crippen molar-refractivity contribution >= 4 is 5.97 Å². The summed E-state index contributed by atoms with van der Waals surface area (Å²) in [6, 6.07) is 0. The zero-order valence-electron chi connectivity index (χ0n) is 10.00. The summed E-state index contributed by atoms with van der Waals surface area (Å²) in [6.45, 7) is 4.61. The average Bonchev–Trinajstić information content (AvgIpc) is 2.21. The predicted molar refractivity (Wildman–Crippen MR) is 61.0 cm³/mol. The lowest BCUT2D eigenvalue weighted by Crippen LogP contribution is -2.23. The smallest absolute Gasteiger partial charge is 0.332 e. The van der Waals surface area contributed by atoms with Crippen LogP contribution in [0.15, 0.2) is 0 Å². The number of rotatable bonds is 10. The highest BCUT2D eigenvalue weighted by Crippen LogP contribution is 2.06. The molecule has 0 fully saturated rings. The van der Waals surface area contributed by atoms with Gasteiger partial charge in [-0.25, -0.2) is 4.79 Å². The molecule has 1 atom stereocenters. The Hall–Kier alpha value is -0.570. The molecule has 15 heavy (non-hydrogen) atoms. The minimum absolute atomic E-state index is 0.547. The summed E-state index contributed by atoms with van der Waals surface area (Å²) < 4.78 is 5.26. The van der Waals surface area contributed by atoms with E-state index in [1.807, 2.05) is 6.92 Å². The van der Waals surface area contributed by atoms with Gasteiger partial charge in [0.2, 0.25) is 0 Å². The molecule has 0 aliphatic carbocycles. The molecule has 3 nitrogen and oxygen atoms in total. The van der Waals surface area contributed by atoms with Crippen LogP contribution in [0.4, 0.5) is 0 Å². The van der Waals surface area contributed by atoms with Gasteiger partial charge in [0.05, 0.1) is 0 Å². The second kappa shape index (κ2) is 9.97. The van der Waals surface area contributed by atoms with Crippen LogP contribution in [0.25, 0.3) is 0 Å². The number of aliphatic carboxylic acids is 1. The van der Waals surface area contributed by atoms with Crippen molar-refractivity contribution in [2.75, 3.05) is 6.61 Å². The molecule has 0 rings (SSSR count).